The van der Waals surface area contributed by atoms with Crippen molar-refractivity contribution in [2.24, 2.45) is 0 Å². The van der Waals surface area contributed by atoms with Crippen LogP contribution in [0, 0.1) is 5.82 Å². The maximum atomic E-state index is 13.1. The summed E-state index contributed by atoms with van der Waals surface area (Å²) in [5.74, 6) is -0.477. The zero-order chi connectivity index (χ0) is 14.8. The van der Waals surface area contributed by atoms with E-state index in [1.165, 1.54) is 24.3 Å². The molecule has 2 aromatic carbocycles. The van der Waals surface area contributed by atoms with Gasteiger partial charge >= 0.3 is 0 Å². The Kier molecular flexibility index (Phi) is 4.42. The quantitative estimate of drug-likeness (QED) is 0.881. The van der Waals surface area contributed by atoms with E-state index in [0.717, 1.165) is 6.07 Å². The van der Waals surface area contributed by atoms with E-state index < -0.39 is 15.8 Å². The van der Waals surface area contributed by atoms with Crippen LogP contribution in [0.3, 0.4) is 0 Å². The van der Waals surface area contributed by atoms with Crippen molar-refractivity contribution in [1.29, 1.82) is 0 Å². The van der Waals surface area contributed by atoms with Gasteiger partial charge in [-0.1, -0.05) is 12.1 Å². The molecular weight excluding hydrogens is 349 g/mol. The number of hydrogen-bond acceptors (Lipinski definition) is 3. The number of aliphatic hydroxyl groups is 1. The van der Waals surface area contributed by atoms with Crippen LogP contribution < -0.4 is 4.72 Å². The number of hydrogen-bond donors (Lipinski definition) is 2. The van der Waals surface area contributed by atoms with Gasteiger partial charge in [0, 0.05) is 0 Å². The van der Waals surface area contributed by atoms with Crippen LogP contribution in [0.15, 0.2) is 51.8 Å². The molecule has 106 valence electrons. The van der Waals surface area contributed by atoms with E-state index in [1.54, 1.807) is 12.1 Å². The smallest absolute Gasteiger partial charge is 0.261 e. The number of halogens is 2. The van der Waals surface area contributed by atoms with Crippen LogP contribution in [-0.2, 0) is 16.6 Å². The molecule has 0 bridgehead atoms. The Morgan fingerprint density at radius 3 is 2.60 bits per heavy atom. The molecule has 0 aliphatic rings. The number of anilines is 1. The molecule has 2 aromatic rings. The fraction of sp³-hybridized carbons (Fsp3) is 0.0769. The van der Waals surface area contributed by atoms with Crippen molar-refractivity contribution in [3.63, 3.8) is 0 Å². The Balaban J connectivity index is 2.32. The second-order valence-electron chi connectivity index (χ2n) is 4.04. The van der Waals surface area contributed by atoms with Crippen LogP contribution in [0.5, 0.6) is 0 Å². The predicted molar refractivity (Wildman–Crippen MR) is 77.3 cm³/mol. The summed E-state index contributed by atoms with van der Waals surface area (Å²) in [6.07, 6.45) is 0. The minimum absolute atomic E-state index is 0.0319. The summed E-state index contributed by atoms with van der Waals surface area (Å²) in [6.45, 7) is -0.245. The third kappa shape index (κ3) is 3.36. The van der Waals surface area contributed by atoms with Gasteiger partial charge in [-0.3, -0.25) is 4.72 Å². The first-order chi connectivity index (χ1) is 9.42. The molecule has 7 heteroatoms. The number of aliphatic hydroxyl groups excluding tert-OH is 1. The van der Waals surface area contributed by atoms with Crippen molar-refractivity contribution in [2.45, 2.75) is 11.5 Å². The first kappa shape index (κ1) is 15.0. The third-order valence-electron chi connectivity index (χ3n) is 2.56. The van der Waals surface area contributed by atoms with Gasteiger partial charge < -0.3 is 5.11 Å². The zero-order valence-electron chi connectivity index (χ0n) is 10.2. The van der Waals surface area contributed by atoms with E-state index in [0.29, 0.717) is 5.56 Å². The van der Waals surface area contributed by atoms with E-state index in [2.05, 4.69) is 20.7 Å². The van der Waals surface area contributed by atoms with Crippen molar-refractivity contribution in [1.82, 2.24) is 0 Å². The summed E-state index contributed by atoms with van der Waals surface area (Å²) in [5, 5.41) is 9.02. The molecule has 0 aliphatic carbocycles. The molecule has 0 aromatic heterocycles. The van der Waals surface area contributed by atoms with Gasteiger partial charge in [0.2, 0.25) is 0 Å². The molecule has 0 saturated heterocycles. The lowest BCUT2D eigenvalue weighted by molar-refractivity contribution is 0.281. The van der Waals surface area contributed by atoms with E-state index in [1.807, 2.05) is 0 Å². The Morgan fingerprint density at radius 1 is 1.20 bits per heavy atom. The maximum absolute atomic E-state index is 13.1. The molecule has 0 heterocycles. The molecule has 2 N–H and O–H groups in total. The molecular formula is C13H11BrFNO3S. The van der Waals surface area contributed by atoms with Crippen molar-refractivity contribution in [3.8, 4) is 0 Å². The molecule has 20 heavy (non-hydrogen) atoms. The zero-order valence-corrected chi connectivity index (χ0v) is 12.6. The summed E-state index contributed by atoms with van der Waals surface area (Å²) in [7, 11) is -3.78. The molecule has 0 amide bonds. The SMILES string of the molecule is O=S(=O)(Nc1ccc(F)c(Br)c1)c1cccc(CO)c1. The van der Waals surface area contributed by atoms with Gasteiger partial charge in [0.1, 0.15) is 5.82 Å². The Morgan fingerprint density at radius 2 is 1.95 bits per heavy atom. The van der Waals surface area contributed by atoms with Crippen molar-refractivity contribution in [2.75, 3.05) is 4.72 Å². The highest BCUT2D eigenvalue weighted by Crippen LogP contribution is 2.22. The van der Waals surface area contributed by atoms with Gasteiger partial charge in [-0.05, 0) is 51.8 Å². The molecule has 0 fully saturated rings. The number of nitrogens with one attached hydrogen (secondary N) is 1. The molecule has 0 aliphatic heterocycles. The second kappa shape index (κ2) is 5.90. The van der Waals surface area contributed by atoms with Crippen LogP contribution >= 0.6 is 15.9 Å². The van der Waals surface area contributed by atoms with Crippen LogP contribution in [0.25, 0.3) is 0 Å². The summed E-state index contributed by atoms with van der Waals surface area (Å²) in [6, 6.07) is 9.78. The topological polar surface area (TPSA) is 66.4 Å². The summed E-state index contributed by atoms with van der Waals surface area (Å²) < 4.78 is 39.9. The highest BCUT2D eigenvalue weighted by Gasteiger charge is 2.15. The fourth-order valence-corrected chi connectivity index (χ4v) is 3.08. The molecule has 0 saturated carbocycles. The van der Waals surface area contributed by atoms with Crippen molar-refractivity contribution >= 4 is 31.6 Å². The predicted octanol–water partition coefficient (Wildman–Crippen LogP) is 2.88. The van der Waals surface area contributed by atoms with Crippen LogP contribution in [0.1, 0.15) is 5.56 Å². The summed E-state index contributed by atoms with van der Waals surface area (Å²) in [5.41, 5.74) is 0.737. The number of benzene rings is 2. The summed E-state index contributed by atoms with van der Waals surface area (Å²) >= 11 is 2.99. The molecule has 4 nitrogen and oxygen atoms in total. The minimum Gasteiger partial charge on any atom is -0.392 e. The van der Waals surface area contributed by atoms with Gasteiger partial charge in [-0.25, -0.2) is 12.8 Å². The molecule has 0 unspecified atom stereocenters. The van der Waals surface area contributed by atoms with Crippen molar-refractivity contribution < 1.29 is 17.9 Å². The Labute approximate surface area is 124 Å². The normalized spacial score (nSPS) is 11.3. The van der Waals surface area contributed by atoms with Crippen LogP contribution in [0.4, 0.5) is 10.1 Å². The van der Waals surface area contributed by atoms with Crippen LogP contribution in [0.2, 0.25) is 0 Å². The first-order valence-electron chi connectivity index (χ1n) is 5.60. The average Bonchev–Trinajstić information content (AvgIpc) is 2.43. The second-order valence-corrected chi connectivity index (χ2v) is 6.58. The fourth-order valence-electron chi connectivity index (χ4n) is 1.58. The third-order valence-corrected chi connectivity index (χ3v) is 4.55. The van der Waals surface area contributed by atoms with Gasteiger partial charge in [0.15, 0.2) is 0 Å². The van der Waals surface area contributed by atoms with Gasteiger partial charge in [0.05, 0.1) is 21.7 Å². The number of sulfonamides is 1. The molecule has 0 atom stereocenters. The van der Waals surface area contributed by atoms with E-state index in [-0.39, 0.29) is 21.7 Å². The van der Waals surface area contributed by atoms with Gasteiger partial charge in [0.25, 0.3) is 10.0 Å². The first-order valence-corrected chi connectivity index (χ1v) is 7.87. The lowest BCUT2D eigenvalue weighted by Gasteiger charge is -2.09. The maximum Gasteiger partial charge on any atom is 0.261 e. The average molecular weight is 360 g/mol. The lowest BCUT2D eigenvalue weighted by atomic mass is 10.2. The van der Waals surface area contributed by atoms with Crippen molar-refractivity contribution in [3.05, 3.63) is 58.3 Å². The Bertz CT molecular complexity index is 734. The van der Waals surface area contributed by atoms with Gasteiger partial charge in [-0.15, -0.1) is 0 Å². The molecule has 2 rings (SSSR count). The van der Waals surface area contributed by atoms with E-state index >= 15 is 0 Å². The van der Waals surface area contributed by atoms with Gasteiger partial charge in [-0.2, -0.15) is 0 Å². The molecule has 0 spiro atoms. The highest BCUT2D eigenvalue weighted by molar-refractivity contribution is 9.10. The van der Waals surface area contributed by atoms with Crippen LogP contribution in [-0.4, -0.2) is 13.5 Å². The van der Waals surface area contributed by atoms with E-state index in [9.17, 15) is 12.8 Å². The standard InChI is InChI=1S/C13H11BrFNO3S/c14-12-7-10(4-5-13(12)15)16-20(18,19)11-3-1-2-9(6-11)8-17/h1-7,16-17H,8H2. The number of rotatable bonds is 4. The largest absolute Gasteiger partial charge is 0.392 e. The molecule has 0 radical (unpaired) electrons. The Hall–Kier alpha value is -1.44. The van der Waals surface area contributed by atoms with E-state index in [4.69, 9.17) is 5.11 Å². The lowest BCUT2D eigenvalue weighted by Crippen LogP contribution is -2.13. The highest BCUT2D eigenvalue weighted by atomic mass is 79.9. The minimum atomic E-state index is -3.78. The monoisotopic (exact) mass is 359 g/mol. The summed E-state index contributed by atoms with van der Waals surface area (Å²) in [4.78, 5) is 0.0319.